The van der Waals surface area contributed by atoms with Crippen molar-refractivity contribution in [1.29, 1.82) is 0 Å². The Hall–Kier alpha value is -1.21. The highest BCUT2D eigenvalue weighted by molar-refractivity contribution is 9.10. The van der Waals surface area contributed by atoms with Crippen molar-refractivity contribution in [3.05, 3.63) is 27.7 Å². The second-order valence-electron chi connectivity index (χ2n) is 3.03. The van der Waals surface area contributed by atoms with E-state index in [1.54, 1.807) is 0 Å². The Morgan fingerprint density at radius 1 is 1.41 bits per heavy atom. The van der Waals surface area contributed by atoms with Crippen LogP contribution < -0.4 is 4.74 Å². The van der Waals surface area contributed by atoms with Crippen LogP contribution in [0, 0.1) is 11.6 Å². The van der Waals surface area contributed by atoms with E-state index in [1.165, 1.54) is 7.11 Å². The van der Waals surface area contributed by atoms with Gasteiger partial charge in [0.15, 0.2) is 17.7 Å². The van der Waals surface area contributed by atoms with Crippen molar-refractivity contribution in [1.82, 2.24) is 0 Å². The molecule has 0 aliphatic carbocycles. The van der Waals surface area contributed by atoms with Crippen LogP contribution in [0.2, 0.25) is 0 Å². The number of rotatable bonds is 3. The van der Waals surface area contributed by atoms with E-state index < -0.39 is 29.3 Å². The van der Waals surface area contributed by atoms with Crippen molar-refractivity contribution in [2.75, 3.05) is 14.2 Å². The number of carbonyl (C=O) groups is 1. The van der Waals surface area contributed by atoms with Crippen LogP contribution >= 0.6 is 15.9 Å². The number of aliphatic hydroxyl groups excluding tert-OH is 1. The number of hydrogen-bond acceptors (Lipinski definition) is 4. The quantitative estimate of drug-likeness (QED) is 0.685. The topological polar surface area (TPSA) is 55.8 Å². The molecule has 1 aromatic rings. The van der Waals surface area contributed by atoms with Gasteiger partial charge in [0.2, 0.25) is 5.82 Å². The third kappa shape index (κ3) is 2.55. The smallest absolute Gasteiger partial charge is 0.339 e. The maximum absolute atomic E-state index is 13.5. The predicted molar refractivity (Wildman–Crippen MR) is 57.6 cm³/mol. The van der Waals surface area contributed by atoms with Gasteiger partial charge in [-0.2, -0.15) is 4.39 Å². The van der Waals surface area contributed by atoms with Gasteiger partial charge >= 0.3 is 5.97 Å². The molecule has 1 unspecified atom stereocenters. The average Bonchev–Trinajstić information content (AvgIpc) is 2.32. The van der Waals surface area contributed by atoms with E-state index in [0.717, 1.165) is 13.2 Å². The molecule has 0 saturated heterocycles. The summed E-state index contributed by atoms with van der Waals surface area (Å²) in [5.41, 5.74) is -0.526. The lowest BCUT2D eigenvalue weighted by molar-refractivity contribution is -0.150. The van der Waals surface area contributed by atoms with Crippen molar-refractivity contribution in [2.45, 2.75) is 6.10 Å². The van der Waals surface area contributed by atoms with Crippen LogP contribution in [-0.2, 0) is 9.53 Å². The first-order chi connectivity index (χ1) is 7.93. The molecule has 0 fully saturated rings. The van der Waals surface area contributed by atoms with Gasteiger partial charge in [0.05, 0.1) is 18.7 Å². The van der Waals surface area contributed by atoms with Gasteiger partial charge in [-0.1, -0.05) is 0 Å². The molecule has 0 heterocycles. The molecule has 1 atom stereocenters. The summed E-state index contributed by atoms with van der Waals surface area (Å²) in [6, 6.07) is 1.05. The molecule has 1 N–H and O–H groups in total. The third-order valence-electron chi connectivity index (χ3n) is 2.07. The number of ether oxygens (including phenoxy) is 2. The van der Waals surface area contributed by atoms with E-state index in [2.05, 4.69) is 25.4 Å². The van der Waals surface area contributed by atoms with E-state index in [0.29, 0.717) is 0 Å². The van der Waals surface area contributed by atoms with Crippen molar-refractivity contribution >= 4 is 21.9 Å². The second-order valence-corrected chi connectivity index (χ2v) is 3.89. The zero-order valence-electron chi connectivity index (χ0n) is 8.96. The van der Waals surface area contributed by atoms with Crippen LogP contribution in [0.5, 0.6) is 5.75 Å². The highest BCUT2D eigenvalue weighted by Crippen LogP contribution is 2.34. The van der Waals surface area contributed by atoms with Crippen LogP contribution in [0.3, 0.4) is 0 Å². The molecule has 0 aromatic heterocycles. The first kappa shape index (κ1) is 13.9. The monoisotopic (exact) mass is 310 g/mol. The van der Waals surface area contributed by atoms with Crippen LogP contribution in [0.15, 0.2) is 10.5 Å². The highest BCUT2D eigenvalue weighted by atomic mass is 79.9. The van der Waals surface area contributed by atoms with E-state index in [9.17, 15) is 18.7 Å². The minimum Gasteiger partial charge on any atom is -0.492 e. The summed E-state index contributed by atoms with van der Waals surface area (Å²) >= 11 is 2.94. The molecule has 0 radical (unpaired) electrons. The van der Waals surface area contributed by atoms with Crippen LogP contribution in [0.25, 0.3) is 0 Å². The fourth-order valence-electron chi connectivity index (χ4n) is 1.22. The SMILES string of the molecule is COC(=O)C(O)c1cc(Br)c(OC)c(F)c1F. The molecule has 7 heteroatoms. The van der Waals surface area contributed by atoms with Gasteiger partial charge < -0.3 is 14.6 Å². The van der Waals surface area contributed by atoms with Gasteiger partial charge in [0.25, 0.3) is 0 Å². The number of esters is 1. The summed E-state index contributed by atoms with van der Waals surface area (Å²) < 4.78 is 35.9. The molecule has 0 aliphatic rings. The Labute approximate surface area is 104 Å². The summed E-state index contributed by atoms with van der Waals surface area (Å²) in [7, 11) is 2.19. The summed E-state index contributed by atoms with van der Waals surface area (Å²) in [5, 5.41) is 9.44. The fourth-order valence-corrected chi connectivity index (χ4v) is 1.80. The number of aliphatic hydroxyl groups is 1. The minimum atomic E-state index is -1.89. The second kappa shape index (κ2) is 5.42. The van der Waals surface area contributed by atoms with Gasteiger partial charge in [0, 0.05) is 5.56 Å². The largest absolute Gasteiger partial charge is 0.492 e. The van der Waals surface area contributed by atoms with Crippen molar-refractivity contribution in [2.24, 2.45) is 0 Å². The van der Waals surface area contributed by atoms with Gasteiger partial charge in [-0.05, 0) is 22.0 Å². The molecule has 0 amide bonds. The lowest BCUT2D eigenvalue weighted by atomic mass is 10.1. The Balaban J connectivity index is 3.32. The molecule has 94 valence electrons. The van der Waals surface area contributed by atoms with E-state index in [-0.39, 0.29) is 10.2 Å². The number of hydrogen-bond donors (Lipinski definition) is 1. The highest BCUT2D eigenvalue weighted by Gasteiger charge is 2.27. The number of methoxy groups -OCH3 is 2. The summed E-state index contributed by atoms with van der Waals surface area (Å²) in [6.45, 7) is 0. The maximum atomic E-state index is 13.5. The number of benzene rings is 1. The van der Waals surface area contributed by atoms with Crippen molar-refractivity contribution in [3.63, 3.8) is 0 Å². The standard InChI is InChI=1S/C10H9BrF2O4/c1-16-9-5(11)3-4(6(12)7(9)13)8(14)10(15)17-2/h3,8,14H,1-2H3. The Morgan fingerprint density at radius 3 is 2.47 bits per heavy atom. The summed E-state index contributed by atoms with van der Waals surface area (Å²) in [6.07, 6.45) is -1.89. The average molecular weight is 311 g/mol. The normalized spacial score (nSPS) is 12.1. The van der Waals surface area contributed by atoms with E-state index in [1.807, 2.05) is 0 Å². The molecule has 4 nitrogen and oxygen atoms in total. The lowest BCUT2D eigenvalue weighted by Gasteiger charge is -2.13. The summed E-state index contributed by atoms with van der Waals surface area (Å²) in [4.78, 5) is 11.0. The molecule has 0 aliphatic heterocycles. The molecular weight excluding hydrogens is 302 g/mol. The molecule has 0 spiro atoms. The first-order valence-corrected chi connectivity index (χ1v) is 5.20. The molecule has 1 aromatic carbocycles. The van der Waals surface area contributed by atoms with Gasteiger partial charge in [-0.15, -0.1) is 0 Å². The molecule has 1 rings (SSSR count). The van der Waals surface area contributed by atoms with Crippen LogP contribution in [-0.4, -0.2) is 25.3 Å². The van der Waals surface area contributed by atoms with Crippen molar-refractivity contribution < 1.29 is 28.2 Å². The molecule has 17 heavy (non-hydrogen) atoms. The number of halogens is 3. The third-order valence-corrected chi connectivity index (χ3v) is 2.66. The Kier molecular flexibility index (Phi) is 4.41. The first-order valence-electron chi connectivity index (χ1n) is 4.41. The fraction of sp³-hybridized carbons (Fsp3) is 0.300. The zero-order chi connectivity index (χ0) is 13.2. The molecule has 0 bridgehead atoms. The lowest BCUT2D eigenvalue weighted by Crippen LogP contribution is -2.16. The van der Waals surface area contributed by atoms with Gasteiger partial charge in [0.1, 0.15) is 0 Å². The van der Waals surface area contributed by atoms with Crippen LogP contribution in [0.4, 0.5) is 8.78 Å². The molecule has 0 saturated carbocycles. The Morgan fingerprint density at radius 2 is 2.00 bits per heavy atom. The van der Waals surface area contributed by atoms with Gasteiger partial charge in [-0.3, -0.25) is 0 Å². The molecular formula is C10H9BrF2O4. The van der Waals surface area contributed by atoms with Crippen molar-refractivity contribution in [3.8, 4) is 5.75 Å². The summed E-state index contributed by atoms with van der Waals surface area (Å²) in [5.74, 6) is -4.08. The van der Waals surface area contributed by atoms with E-state index >= 15 is 0 Å². The zero-order valence-corrected chi connectivity index (χ0v) is 10.5. The van der Waals surface area contributed by atoms with Crippen LogP contribution in [0.1, 0.15) is 11.7 Å². The predicted octanol–water partition coefficient (Wildman–Crippen LogP) is 1.94. The van der Waals surface area contributed by atoms with Gasteiger partial charge in [-0.25, -0.2) is 9.18 Å². The Bertz CT molecular complexity index is 450. The number of carbonyl (C=O) groups excluding carboxylic acids is 1. The minimum absolute atomic E-state index is 0.0804. The van der Waals surface area contributed by atoms with E-state index in [4.69, 9.17) is 0 Å². The maximum Gasteiger partial charge on any atom is 0.339 e.